The third-order valence-electron chi connectivity index (χ3n) is 6.88. The summed E-state index contributed by atoms with van der Waals surface area (Å²) >= 11 is 0. The molecule has 0 amide bonds. The Morgan fingerprint density at radius 3 is 3.00 bits per heavy atom. The molecule has 3 fully saturated rings. The molecule has 4 aliphatic carbocycles. The topological polar surface area (TPSA) is 17.1 Å². The van der Waals surface area contributed by atoms with Gasteiger partial charge in [0.1, 0.15) is 5.78 Å². The van der Waals surface area contributed by atoms with Crippen LogP contribution in [0.1, 0.15) is 64.7 Å². The zero-order chi connectivity index (χ0) is 13.0. The normalized spacial score (nSPS) is 49.1. The molecule has 1 heteroatoms. The third-order valence-corrected chi connectivity index (χ3v) is 6.88. The summed E-state index contributed by atoms with van der Waals surface area (Å²) in [7, 11) is 0. The van der Waals surface area contributed by atoms with Crippen molar-refractivity contribution in [3.8, 4) is 0 Å². The fourth-order valence-electron chi connectivity index (χ4n) is 6.06. The average molecular weight is 258 g/mol. The van der Waals surface area contributed by atoms with E-state index in [0.717, 1.165) is 12.3 Å². The number of hydrogen-bond acceptors (Lipinski definition) is 1. The minimum Gasteiger partial charge on any atom is -0.299 e. The molecule has 0 radical (unpaired) electrons. The molecule has 104 valence electrons. The molecule has 4 rings (SSSR count). The summed E-state index contributed by atoms with van der Waals surface area (Å²) in [6.07, 6.45) is 14.0. The zero-order valence-corrected chi connectivity index (χ0v) is 12.2. The molecule has 0 aromatic heterocycles. The highest BCUT2D eigenvalue weighted by atomic mass is 16.1. The summed E-state index contributed by atoms with van der Waals surface area (Å²) in [5.41, 5.74) is 2.01. The van der Waals surface area contributed by atoms with Gasteiger partial charge in [0.2, 0.25) is 0 Å². The monoisotopic (exact) mass is 258 g/mol. The third kappa shape index (κ3) is 1.69. The first-order chi connectivity index (χ1) is 9.19. The molecule has 0 heterocycles. The van der Waals surface area contributed by atoms with Gasteiger partial charge in [-0.25, -0.2) is 0 Å². The van der Waals surface area contributed by atoms with Crippen molar-refractivity contribution < 1.29 is 4.79 Å². The smallest absolute Gasteiger partial charge is 0.137 e. The summed E-state index contributed by atoms with van der Waals surface area (Å²) in [5, 5.41) is 0. The Bertz CT molecular complexity index is 435. The molecule has 3 saturated carbocycles. The van der Waals surface area contributed by atoms with Gasteiger partial charge in [-0.2, -0.15) is 0 Å². The Kier molecular flexibility index (Phi) is 2.69. The predicted molar refractivity (Wildman–Crippen MR) is 76.7 cm³/mol. The SMILES string of the molecule is C[C@@]12CCC[C@H]1[C@@H]1CC=C3CCCC[C@@H]3[C@H]1C(=O)C2. The van der Waals surface area contributed by atoms with E-state index in [1.165, 1.54) is 51.4 Å². The molecule has 0 spiro atoms. The molecule has 4 aliphatic rings. The Morgan fingerprint density at radius 2 is 2.11 bits per heavy atom. The van der Waals surface area contributed by atoms with Crippen molar-refractivity contribution in [3.63, 3.8) is 0 Å². The van der Waals surface area contributed by atoms with Crippen molar-refractivity contribution in [3.05, 3.63) is 11.6 Å². The van der Waals surface area contributed by atoms with E-state index in [1.54, 1.807) is 5.57 Å². The second-order valence-corrected chi connectivity index (χ2v) is 7.85. The van der Waals surface area contributed by atoms with Crippen LogP contribution in [-0.2, 0) is 4.79 Å². The first-order valence-corrected chi connectivity index (χ1v) is 8.41. The summed E-state index contributed by atoms with van der Waals surface area (Å²) in [5.74, 6) is 3.22. The lowest BCUT2D eigenvalue weighted by Gasteiger charge is -2.51. The molecule has 0 saturated heterocycles. The van der Waals surface area contributed by atoms with Gasteiger partial charge in [-0.1, -0.05) is 31.4 Å². The Labute approximate surface area is 116 Å². The fraction of sp³-hybridized carbons (Fsp3) is 0.833. The number of fused-ring (bicyclic) bond motifs is 5. The van der Waals surface area contributed by atoms with Crippen LogP contribution in [0.3, 0.4) is 0 Å². The van der Waals surface area contributed by atoms with Crippen LogP contribution < -0.4 is 0 Å². The lowest BCUT2D eigenvalue weighted by Crippen LogP contribution is -2.48. The van der Waals surface area contributed by atoms with Crippen LogP contribution in [-0.4, -0.2) is 5.78 Å². The van der Waals surface area contributed by atoms with Gasteiger partial charge in [-0.15, -0.1) is 0 Å². The summed E-state index contributed by atoms with van der Waals surface area (Å²) < 4.78 is 0. The van der Waals surface area contributed by atoms with Gasteiger partial charge < -0.3 is 0 Å². The van der Waals surface area contributed by atoms with Crippen molar-refractivity contribution in [2.45, 2.75) is 64.7 Å². The summed E-state index contributed by atoms with van der Waals surface area (Å²) in [6.45, 7) is 2.40. The van der Waals surface area contributed by atoms with Crippen molar-refractivity contribution >= 4 is 5.78 Å². The molecule has 0 unspecified atom stereocenters. The van der Waals surface area contributed by atoms with Crippen LogP contribution in [0.4, 0.5) is 0 Å². The largest absolute Gasteiger partial charge is 0.299 e. The van der Waals surface area contributed by atoms with Crippen molar-refractivity contribution in [1.82, 2.24) is 0 Å². The minimum absolute atomic E-state index is 0.359. The first kappa shape index (κ1) is 12.2. The van der Waals surface area contributed by atoms with Gasteiger partial charge in [0.15, 0.2) is 0 Å². The van der Waals surface area contributed by atoms with Crippen molar-refractivity contribution in [2.75, 3.05) is 0 Å². The molecule has 0 aromatic carbocycles. The maximum Gasteiger partial charge on any atom is 0.137 e. The molecule has 0 bridgehead atoms. The second-order valence-electron chi connectivity index (χ2n) is 7.85. The lowest BCUT2D eigenvalue weighted by molar-refractivity contribution is -0.137. The van der Waals surface area contributed by atoms with Gasteiger partial charge >= 0.3 is 0 Å². The maximum atomic E-state index is 12.8. The molecular weight excluding hydrogens is 232 g/mol. The van der Waals surface area contributed by atoms with E-state index in [2.05, 4.69) is 13.0 Å². The van der Waals surface area contributed by atoms with E-state index in [-0.39, 0.29) is 0 Å². The number of hydrogen-bond donors (Lipinski definition) is 0. The minimum atomic E-state index is 0.359. The van der Waals surface area contributed by atoms with E-state index < -0.39 is 0 Å². The highest BCUT2D eigenvalue weighted by Gasteiger charge is 2.55. The van der Waals surface area contributed by atoms with Crippen LogP contribution in [0, 0.1) is 29.1 Å². The van der Waals surface area contributed by atoms with Crippen molar-refractivity contribution in [2.24, 2.45) is 29.1 Å². The number of carbonyl (C=O) groups excluding carboxylic acids is 1. The maximum absolute atomic E-state index is 12.8. The Hall–Kier alpha value is -0.590. The van der Waals surface area contributed by atoms with Crippen LogP contribution in [0.2, 0.25) is 0 Å². The number of carbonyl (C=O) groups is 1. The standard InChI is InChI=1S/C18H26O/c1-18-10-4-7-15(18)14-9-8-12-5-2-3-6-13(12)17(14)16(19)11-18/h8,13-15,17H,2-7,9-11H2,1H3/t13-,14-,15-,17+,18-/m0/s1. The average Bonchev–Trinajstić information content (AvgIpc) is 2.79. The lowest BCUT2D eigenvalue weighted by atomic mass is 9.53. The predicted octanol–water partition coefficient (Wildman–Crippen LogP) is 4.52. The van der Waals surface area contributed by atoms with Gasteiger partial charge in [-0.3, -0.25) is 4.79 Å². The van der Waals surface area contributed by atoms with Gasteiger partial charge in [0, 0.05) is 12.3 Å². The van der Waals surface area contributed by atoms with Gasteiger partial charge in [0.05, 0.1) is 0 Å². The van der Waals surface area contributed by atoms with Gasteiger partial charge in [0.25, 0.3) is 0 Å². The number of Topliss-reactive ketones (excluding diaryl/α,β-unsaturated/α-hetero) is 1. The van der Waals surface area contributed by atoms with E-state index >= 15 is 0 Å². The fourth-order valence-corrected chi connectivity index (χ4v) is 6.06. The quantitative estimate of drug-likeness (QED) is 0.584. The Morgan fingerprint density at radius 1 is 1.21 bits per heavy atom. The molecule has 1 nitrogen and oxygen atoms in total. The van der Waals surface area contributed by atoms with Crippen LogP contribution in [0.5, 0.6) is 0 Å². The van der Waals surface area contributed by atoms with E-state index in [1.807, 2.05) is 0 Å². The zero-order valence-electron chi connectivity index (χ0n) is 12.2. The molecule has 0 N–H and O–H groups in total. The van der Waals surface area contributed by atoms with E-state index in [9.17, 15) is 4.79 Å². The van der Waals surface area contributed by atoms with E-state index in [0.29, 0.717) is 29.0 Å². The second kappa shape index (κ2) is 4.20. The molecule has 0 aliphatic heterocycles. The first-order valence-electron chi connectivity index (χ1n) is 8.41. The molecule has 19 heavy (non-hydrogen) atoms. The summed E-state index contributed by atoms with van der Waals surface area (Å²) in [4.78, 5) is 12.8. The van der Waals surface area contributed by atoms with Crippen LogP contribution in [0.15, 0.2) is 11.6 Å². The number of rotatable bonds is 0. The molecule has 0 aromatic rings. The van der Waals surface area contributed by atoms with E-state index in [4.69, 9.17) is 0 Å². The number of ketones is 1. The molecule has 5 atom stereocenters. The van der Waals surface area contributed by atoms with Crippen LogP contribution >= 0.6 is 0 Å². The van der Waals surface area contributed by atoms with Gasteiger partial charge in [-0.05, 0) is 61.7 Å². The highest BCUT2D eigenvalue weighted by molar-refractivity contribution is 5.84. The highest BCUT2D eigenvalue weighted by Crippen LogP contribution is 2.60. The van der Waals surface area contributed by atoms with Crippen molar-refractivity contribution in [1.29, 1.82) is 0 Å². The van der Waals surface area contributed by atoms with Crippen LogP contribution in [0.25, 0.3) is 0 Å². The Balaban J connectivity index is 1.71. The molecular formula is C18H26O. The summed E-state index contributed by atoms with van der Waals surface area (Å²) in [6, 6.07) is 0. The number of allylic oxidation sites excluding steroid dienone is 2.